The maximum absolute atomic E-state index is 12.0. The summed E-state index contributed by atoms with van der Waals surface area (Å²) in [5, 5.41) is 11.2. The van der Waals surface area contributed by atoms with Gasteiger partial charge in [0.25, 0.3) is 0 Å². The molecule has 21 heavy (non-hydrogen) atoms. The summed E-state index contributed by atoms with van der Waals surface area (Å²) < 4.78 is 0.847. The van der Waals surface area contributed by atoms with Gasteiger partial charge in [0.15, 0.2) is 0 Å². The van der Waals surface area contributed by atoms with Crippen molar-refractivity contribution in [3.05, 3.63) is 28.7 Å². The molecule has 0 bridgehead atoms. The average Bonchev–Trinajstić information content (AvgIpc) is 2.80. The van der Waals surface area contributed by atoms with Crippen molar-refractivity contribution in [3.63, 3.8) is 0 Å². The summed E-state index contributed by atoms with van der Waals surface area (Å²) >= 11 is 3.34. The van der Waals surface area contributed by atoms with Gasteiger partial charge in [-0.15, -0.1) is 0 Å². The molecule has 0 saturated carbocycles. The lowest BCUT2D eigenvalue weighted by atomic mass is 10.1. The molecule has 2 atom stereocenters. The fraction of sp³-hybridized carbons (Fsp3) is 0.357. The molecule has 1 saturated heterocycles. The standard InChI is InChI=1S/C14H15BrN2O4/c1-8(14(20)21)16-13(19)9-5-12(18)17(7-9)11-4-2-3-10(15)6-11/h2-4,6,8-9H,5,7H2,1H3,(H,16,19)(H,20,21)/t8-,9?/m0/s1. The van der Waals surface area contributed by atoms with Crippen LogP contribution in [0.25, 0.3) is 0 Å². The Hall–Kier alpha value is -1.89. The van der Waals surface area contributed by atoms with Crippen LogP contribution in [0.3, 0.4) is 0 Å². The monoisotopic (exact) mass is 354 g/mol. The number of carbonyl (C=O) groups excluding carboxylic acids is 2. The van der Waals surface area contributed by atoms with Crippen LogP contribution in [0, 0.1) is 5.92 Å². The van der Waals surface area contributed by atoms with E-state index in [2.05, 4.69) is 21.2 Å². The van der Waals surface area contributed by atoms with Gasteiger partial charge in [0.2, 0.25) is 11.8 Å². The zero-order valence-corrected chi connectivity index (χ0v) is 13.0. The van der Waals surface area contributed by atoms with E-state index in [0.717, 1.165) is 10.2 Å². The zero-order valence-electron chi connectivity index (χ0n) is 11.4. The Morgan fingerprint density at radius 2 is 2.19 bits per heavy atom. The molecule has 2 rings (SSSR count). The second-order valence-electron chi connectivity index (χ2n) is 4.95. The lowest BCUT2D eigenvalue weighted by molar-refractivity contribution is -0.141. The Balaban J connectivity index is 2.06. The normalized spacial score (nSPS) is 19.4. The van der Waals surface area contributed by atoms with Crippen molar-refractivity contribution in [1.29, 1.82) is 0 Å². The topological polar surface area (TPSA) is 86.7 Å². The van der Waals surface area contributed by atoms with E-state index in [9.17, 15) is 14.4 Å². The predicted octanol–water partition coefficient (Wildman–Crippen LogP) is 1.39. The lowest BCUT2D eigenvalue weighted by Gasteiger charge is -2.17. The minimum atomic E-state index is -1.10. The summed E-state index contributed by atoms with van der Waals surface area (Å²) in [6.07, 6.45) is 0.0880. The summed E-state index contributed by atoms with van der Waals surface area (Å²) in [4.78, 5) is 36.3. The fourth-order valence-corrected chi connectivity index (χ4v) is 2.56. The number of aliphatic carboxylic acids is 1. The van der Waals surface area contributed by atoms with Crippen LogP contribution < -0.4 is 10.2 Å². The van der Waals surface area contributed by atoms with Crippen molar-refractivity contribution in [3.8, 4) is 0 Å². The quantitative estimate of drug-likeness (QED) is 0.855. The lowest BCUT2D eigenvalue weighted by Crippen LogP contribution is -2.42. The van der Waals surface area contributed by atoms with Crippen LogP contribution in [0.5, 0.6) is 0 Å². The molecule has 1 unspecified atom stereocenters. The number of carboxylic acid groups (broad SMARTS) is 1. The van der Waals surface area contributed by atoms with Gasteiger partial charge in [-0.05, 0) is 25.1 Å². The number of anilines is 1. The molecule has 1 aromatic carbocycles. The van der Waals surface area contributed by atoms with Crippen LogP contribution in [0.15, 0.2) is 28.7 Å². The second-order valence-corrected chi connectivity index (χ2v) is 5.87. The highest BCUT2D eigenvalue weighted by Gasteiger charge is 2.36. The van der Waals surface area contributed by atoms with E-state index in [0.29, 0.717) is 0 Å². The van der Waals surface area contributed by atoms with Crippen molar-refractivity contribution in [2.75, 3.05) is 11.4 Å². The number of benzene rings is 1. The number of hydrogen-bond donors (Lipinski definition) is 2. The second kappa shape index (κ2) is 6.26. The Morgan fingerprint density at radius 3 is 2.81 bits per heavy atom. The SMILES string of the molecule is C[C@H](NC(=O)C1CC(=O)N(c2cccc(Br)c2)C1)C(=O)O. The van der Waals surface area contributed by atoms with E-state index in [-0.39, 0.29) is 18.9 Å². The molecule has 1 aliphatic rings. The molecule has 1 aliphatic heterocycles. The molecule has 0 radical (unpaired) electrons. The number of nitrogens with one attached hydrogen (secondary N) is 1. The van der Waals surface area contributed by atoms with Gasteiger partial charge in [-0.2, -0.15) is 0 Å². The summed E-state index contributed by atoms with van der Waals surface area (Å²) in [5.41, 5.74) is 0.718. The smallest absolute Gasteiger partial charge is 0.325 e. The molecule has 1 aromatic rings. The van der Waals surface area contributed by atoms with Crippen molar-refractivity contribution >= 4 is 39.4 Å². The molecule has 7 heteroatoms. The van der Waals surface area contributed by atoms with Crippen molar-refractivity contribution in [2.45, 2.75) is 19.4 Å². The van der Waals surface area contributed by atoms with Gasteiger partial charge in [0.05, 0.1) is 5.92 Å². The number of carbonyl (C=O) groups is 3. The van der Waals surface area contributed by atoms with Gasteiger partial charge in [0, 0.05) is 23.1 Å². The summed E-state index contributed by atoms with van der Waals surface area (Å²) in [6, 6.07) is 6.29. The molecule has 0 spiro atoms. The molecular weight excluding hydrogens is 340 g/mol. The van der Waals surface area contributed by atoms with E-state index < -0.39 is 23.8 Å². The Morgan fingerprint density at radius 1 is 1.48 bits per heavy atom. The zero-order chi connectivity index (χ0) is 15.6. The minimum absolute atomic E-state index is 0.0880. The van der Waals surface area contributed by atoms with Crippen LogP contribution in [0.2, 0.25) is 0 Å². The maximum atomic E-state index is 12.0. The average molecular weight is 355 g/mol. The van der Waals surface area contributed by atoms with Crippen LogP contribution in [0.4, 0.5) is 5.69 Å². The van der Waals surface area contributed by atoms with Crippen molar-refractivity contribution in [1.82, 2.24) is 5.32 Å². The number of halogens is 1. The first-order valence-electron chi connectivity index (χ1n) is 6.47. The van der Waals surface area contributed by atoms with E-state index in [1.165, 1.54) is 6.92 Å². The molecule has 2 amide bonds. The number of hydrogen-bond acceptors (Lipinski definition) is 3. The Kier molecular flexibility index (Phi) is 4.62. The first kappa shape index (κ1) is 15.5. The van der Waals surface area contributed by atoms with Gasteiger partial charge >= 0.3 is 5.97 Å². The molecular formula is C14H15BrN2O4. The molecule has 2 N–H and O–H groups in total. The highest BCUT2D eigenvalue weighted by molar-refractivity contribution is 9.10. The van der Waals surface area contributed by atoms with E-state index in [1.54, 1.807) is 17.0 Å². The third-order valence-electron chi connectivity index (χ3n) is 3.34. The fourth-order valence-electron chi connectivity index (χ4n) is 2.17. The molecule has 112 valence electrons. The Bertz CT molecular complexity index is 590. The first-order chi connectivity index (χ1) is 9.88. The van der Waals surface area contributed by atoms with Crippen molar-refractivity contribution < 1.29 is 19.5 Å². The Labute approximate surface area is 130 Å². The highest BCUT2D eigenvalue weighted by Crippen LogP contribution is 2.27. The van der Waals surface area contributed by atoms with Crippen molar-refractivity contribution in [2.24, 2.45) is 5.92 Å². The van der Waals surface area contributed by atoms with Gasteiger partial charge in [0.1, 0.15) is 6.04 Å². The minimum Gasteiger partial charge on any atom is -0.480 e. The number of amides is 2. The highest BCUT2D eigenvalue weighted by atomic mass is 79.9. The van der Waals surface area contributed by atoms with E-state index >= 15 is 0 Å². The van der Waals surface area contributed by atoms with Gasteiger partial charge < -0.3 is 15.3 Å². The third-order valence-corrected chi connectivity index (χ3v) is 3.84. The first-order valence-corrected chi connectivity index (χ1v) is 7.27. The van der Waals surface area contributed by atoms with Crippen LogP contribution in [-0.2, 0) is 14.4 Å². The van der Waals surface area contributed by atoms with Crippen LogP contribution >= 0.6 is 15.9 Å². The predicted molar refractivity (Wildman–Crippen MR) is 79.8 cm³/mol. The largest absolute Gasteiger partial charge is 0.480 e. The molecule has 0 aromatic heterocycles. The number of nitrogens with zero attached hydrogens (tertiary/aromatic N) is 1. The molecule has 1 heterocycles. The van der Waals surface area contributed by atoms with Crippen LogP contribution in [0.1, 0.15) is 13.3 Å². The summed E-state index contributed by atoms with van der Waals surface area (Å²) in [7, 11) is 0. The summed E-state index contributed by atoms with van der Waals surface area (Å²) in [5.74, 6) is -2.18. The number of rotatable bonds is 4. The maximum Gasteiger partial charge on any atom is 0.325 e. The molecule has 0 aliphatic carbocycles. The molecule has 6 nitrogen and oxygen atoms in total. The van der Waals surface area contributed by atoms with Crippen LogP contribution in [-0.4, -0.2) is 35.5 Å². The van der Waals surface area contributed by atoms with E-state index in [4.69, 9.17) is 5.11 Å². The van der Waals surface area contributed by atoms with Gasteiger partial charge in [-0.25, -0.2) is 0 Å². The van der Waals surface area contributed by atoms with Gasteiger partial charge in [-0.3, -0.25) is 14.4 Å². The third kappa shape index (κ3) is 3.60. The summed E-state index contributed by atoms with van der Waals surface area (Å²) in [6.45, 7) is 1.65. The van der Waals surface area contributed by atoms with E-state index in [1.807, 2.05) is 12.1 Å². The number of carboxylic acids is 1. The molecule has 1 fully saturated rings. The van der Waals surface area contributed by atoms with Gasteiger partial charge in [-0.1, -0.05) is 22.0 Å².